The molecule has 12 aromatic rings. The molecule has 12 rings (SSSR count). The molecule has 0 aliphatic carbocycles. The molecule has 262 valence electrons. The minimum Gasteiger partial charge on any atom is -0.454 e. The average Bonchev–Trinajstić information content (AvgIpc) is 3.93. The van der Waals surface area contributed by atoms with Gasteiger partial charge >= 0.3 is 0 Å². The van der Waals surface area contributed by atoms with E-state index in [1.165, 1.54) is 32.6 Å². The molecule has 3 aromatic heterocycles. The highest BCUT2D eigenvalue weighted by atomic mass is 16.3. The molecule has 0 radical (unpaired) electrons. The number of hydrogen-bond acceptors (Lipinski definition) is 3. The Labute approximate surface area is 321 Å². The number of rotatable bonds is 5. The van der Waals surface area contributed by atoms with Gasteiger partial charge in [-0.05, 0) is 88.6 Å². The van der Waals surface area contributed by atoms with Crippen molar-refractivity contribution in [2.45, 2.75) is 0 Å². The van der Waals surface area contributed by atoms with E-state index >= 15 is 0 Å². The predicted octanol–water partition coefficient (Wildman–Crippen LogP) is 14.9. The summed E-state index contributed by atoms with van der Waals surface area (Å²) in [5.74, 6) is 0. The van der Waals surface area contributed by atoms with Gasteiger partial charge in [0.05, 0.1) is 22.4 Å². The number of para-hydroxylation sites is 5. The Morgan fingerprint density at radius 3 is 1.55 bits per heavy atom. The Morgan fingerprint density at radius 2 is 0.893 bits per heavy atom. The van der Waals surface area contributed by atoms with Gasteiger partial charge in [0.1, 0.15) is 11.2 Å². The van der Waals surface area contributed by atoms with Crippen molar-refractivity contribution in [1.29, 1.82) is 0 Å². The van der Waals surface area contributed by atoms with E-state index in [2.05, 4.69) is 179 Å². The van der Waals surface area contributed by atoms with Gasteiger partial charge in [0, 0.05) is 43.7 Å². The molecule has 0 fully saturated rings. The van der Waals surface area contributed by atoms with Crippen LogP contribution in [0.3, 0.4) is 0 Å². The number of anilines is 3. The molecule has 0 amide bonds. The smallest absolute Gasteiger partial charge is 0.159 e. The quantitative estimate of drug-likeness (QED) is 0.178. The van der Waals surface area contributed by atoms with E-state index in [4.69, 9.17) is 8.83 Å². The van der Waals surface area contributed by atoms with Crippen LogP contribution in [0.5, 0.6) is 0 Å². The van der Waals surface area contributed by atoms with E-state index < -0.39 is 0 Å². The predicted molar refractivity (Wildman–Crippen MR) is 233 cm³/mol. The SMILES string of the molecule is c1ccc(-n2c3cc(-c4ccc(N(c5cccc6c5oc5ccccc56)c5cccc6c5oc5ccccc56)cc4)ccc3c3cc4ccccc4cc32)cc1. The van der Waals surface area contributed by atoms with E-state index in [-0.39, 0.29) is 0 Å². The molecule has 0 aliphatic heterocycles. The summed E-state index contributed by atoms with van der Waals surface area (Å²) in [5.41, 5.74) is 12.1. The Kier molecular flexibility index (Phi) is 6.60. The van der Waals surface area contributed by atoms with Gasteiger partial charge in [0.25, 0.3) is 0 Å². The maximum Gasteiger partial charge on any atom is 0.159 e. The largest absolute Gasteiger partial charge is 0.454 e. The Balaban J connectivity index is 1.05. The first-order valence-electron chi connectivity index (χ1n) is 19.0. The van der Waals surface area contributed by atoms with E-state index in [1.54, 1.807) is 0 Å². The highest BCUT2D eigenvalue weighted by molar-refractivity contribution is 6.15. The second kappa shape index (κ2) is 12.0. The van der Waals surface area contributed by atoms with E-state index in [0.717, 1.165) is 77.8 Å². The molecular weight excluding hydrogens is 685 g/mol. The normalized spacial score (nSPS) is 11.9. The molecule has 0 unspecified atom stereocenters. The van der Waals surface area contributed by atoms with Crippen LogP contribution in [-0.4, -0.2) is 4.57 Å². The third-order valence-corrected chi connectivity index (χ3v) is 11.4. The Bertz CT molecular complexity index is 3370. The fourth-order valence-electron chi connectivity index (χ4n) is 8.77. The zero-order valence-corrected chi connectivity index (χ0v) is 30.2. The van der Waals surface area contributed by atoms with Crippen molar-refractivity contribution in [3.63, 3.8) is 0 Å². The van der Waals surface area contributed by atoms with Crippen molar-refractivity contribution in [1.82, 2.24) is 4.57 Å². The minimum atomic E-state index is 0.831. The highest BCUT2D eigenvalue weighted by Gasteiger charge is 2.23. The molecule has 4 nitrogen and oxygen atoms in total. The molecule has 0 saturated heterocycles. The summed E-state index contributed by atoms with van der Waals surface area (Å²) in [5, 5.41) is 9.30. The number of benzene rings is 9. The van der Waals surface area contributed by atoms with Gasteiger partial charge in [-0.15, -0.1) is 0 Å². The summed E-state index contributed by atoms with van der Waals surface area (Å²) in [4.78, 5) is 2.28. The van der Waals surface area contributed by atoms with Crippen LogP contribution < -0.4 is 4.90 Å². The van der Waals surface area contributed by atoms with Gasteiger partial charge < -0.3 is 18.3 Å². The van der Waals surface area contributed by atoms with Crippen LogP contribution >= 0.6 is 0 Å². The molecule has 4 heteroatoms. The molecule has 0 bridgehead atoms. The molecule has 3 heterocycles. The third kappa shape index (κ3) is 4.60. The van der Waals surface area contributed by atoms with Gasteiger partial charge in [0.15, 0.2) is 11.2 Å². The van der Waals surface area contributed by atoms with Crippen LogP contribution in [0.25, 0.3) is 93.3 Å². The lowest BCUT2D eigenvalue weighted by Crippen LogP contribution is -2.10. The van der Waals surface area contributed by atoms with Gasteiger partial charge in [-0.1, -0.05) is 127 Å². The number of hydrogen-bond donors (Lipinski definition) is 0. The van der Waals surface area contributed by atoms with Gasteiger partial charge in [-0.3, -0.25) is 0 Å². The summed E-state index contributed by atoms with van der Waals surface area (Å²) in [7, 11) is 0. The van der Waals surface area contributed by atoms with Gasteiger partial charge in [-0.25, -0.2) is 0 Å². The molecule has 0 spiro atoms. The van der Waals surface area contributed by atoms with Crippen molar-refractivity contribution in [3.8, 4) is 16.8 Å². The summed E-state index contributed by atoms with van der Waals surface area (Å²) in [6, 6.07) is 69.0. The van der Waals surface area contributed by atoms with Gasteiger partial charge in [-0.2, -0.15) is 0 Å². The third-order valence-electron chi connectivity index (χ3n) is 11.4. The number of aromatic nitrogens is 1. The maximum absolute atomic E-state index is 6.64. The van der Waals surface area contributed by atoms with Crippen molar-refractivity contribution in [3.05, 3.63) is 194 Å². The Morgan fingerprint density at radius 1 is 0.357 bits per heavy atom. The second-order valence-electron chi connectivity index (χ2n) is 14.5. The Hall–Kier alpha value is -7.56. The van der Waals surface area contributed by atoms with E-state index in [1.807, 2.05) is 24.3 Å². The maximum atomic E-state index is 6.64. The summed E-state index contributed by atoms with van der Waals surface area (Å²) in [6.07, 6.45) is 0. The number of furan rings is 2. The number of nitrogens with zero attached hydrogens (tertiary/aromatic N) is 2. The van der Waals surface area contributed by atoms with Crippen LogP contribution in [-0.2, 0) is 0 Å². The lowest BCUT2D eigenvalue weighted by molar-refractivity contribution is 0.666. The first kappa shape index (κ1) is 30.9. The van der Waals surface area contributed by atoms with Crippen LogP contribution in [0.1, 0.15) is 0 Å². The van der Waals surface area contributed by atoms with Gasteiger partial charge in [0.2, 0.25) is 0 Å². The summed E-state index contributed by atoms with van der Waals surface area (Å²) in [6.45, 7) is 0. The van der Waals surface area contributed by atoms with Crippen molar-refractivity contribution in [2.24, 2.45) is 0 Å². The monoisotopic (exact) mass is 716 g/mol. The van der Waals surface area contributed by atoms with E-state index in [9.17, 15) is 0 Å². The fourth-order valence-corrected chi connectivity index (χ4v) is 8.77. The lowest BCUT2D eigenvalue weighted by atomic mass is 10.0. The van der Waals surface area contributed by atoms with Crippen LogP contribution in [0.2, 0.25) is 0 Å². The topological polar surface area (TPSA) is 34.5 Å². The van der Waals surface area contributed by atoms with Crippen molar-refractivity contribution < 1.29 is 8.83 Å². The minimum absolute atomic E-state index is 0.831. The fraction of sp³-hybridized carbons (Fsp3) is 0. The number of fused-ring (bicyclic) bond motifs is 10. The second-order valence-corrected chi connectivity index (χ2v) is 14.5. The first-order valence-corrected chi connectivity index (χ1v) is 19.0. The standard InChI is InChI=1S/C52H32N2O2/c1-2-14-37(15-3-1)54-47-32-36(26-29-39(47)44-30-34-12-4-5-13-35(34)31-48(44)54)33-24-27-38(28-25-33)53(45-20-10-18-42-40-16-6-8-22-49(40)55-51(42)45)46-21-11-19-43-41-17-7-9-23-50(41)56-52(43)46/h1-32H. The lowest BCUT2D eigenvalue weighted by Gasteiger charge is -2.25. The van der Waals surface area contributed by atoms with Crippen LogP contribution in [0, 0.1) is 0 Å². The zero-order chi connectivity index (χ0) is 36.7. The van der Waals surface area contributed by atoms with Crippen molar-refractivity contribution >= 4 is 93.5 Å². The first-order chi connectivity index (χ1) is 27.8. The average molecular weight is 717 g/mol. The van der Waals surface area contributed by atoms with Crippen LogP contribution in [0.15, 0.2) is 203 Å². The molecular formula is C52H32N2O2. The van der Waals surface area contributed by atoms with Crippen molar-refractivity contribution in [2.75, 3.05) is 4.90 Å². The molecule has 9 aromatic carbocycles. The summed E-state index contributed by atoms with van der Waals surface area (Å²) < 4.78 is 15.7. The van der Waals surface area contributed by atoms with Crippen LogP contribution in [0.4, 0.5) is 17.1 Å². The highest BCUT2D eigenvalue weighted by Crippen LogP contribution is 2.46. The zero-order valence-electron chi connectivity index (χ0n) is 30.2. The summed E-state index contributed by atoms with van der Waals surface area (Å²) >= 11 is 0. The molecule has 56 heavy (non-hydrogen) atoms. The van der Waals surface area contributed by atoms with E-state index in [0.29, 0.717) is 0 Å². The molecule has 0 N–H and O–H groups in total. The molecule has 0 saturated carbocycles. The molecule has 0 atom stereocenters. The molecule has 0 aliphatic rings.